The van der Waals surface area contributed by atoms with Gasteiger partial charge in [-0.15, -0.1) is 0 Å². The van der Waals surface area contributed by atoms with Crippen LogP contribution in [0.4, 0.5) is 0 Å². The lowest BCUT2D eigenvalue weighted by molar-refractivity contribution is -0.346. The van der Waals surface area contributed by atoms with Gasteiger partial charge in [0.2, 0.25) is 0 Å². The van der Waals surface area contributed by atoms with Crippen LogP contribution in [0.3, 0.4) is 0 Å². The molecule has 0 aliphatic carbocycles. The second kappa shape index (κ2) is 12.1. The molecule has 30 heavy (non-hydrogen) atoms. The lowest BCUT2D eigenvalue weighted by Crippen LogP contribution is -2.31. The third kappa shape index (κ3) is 9.27. The Morgan fingerprint density at radius 3 is 2.43 bits per heavy atom. The second-order valence-electron chi connectivity index (χ2n) is 9.27. The number of carboxylic acids is 1. The molecular formula is C26H38O4. The summed E-state index contributed by atoms with van der Waals surface area (Å²) in [5, 5.41) is 9.04. The Hall–Kier alpha value is -1.91. The monoisotopic (exact) mass is 414 g/mol. The molecule has 1 aliphatic heterocycles. The first-order valence-electron chi connectivity index (χ1n) is 11.3. The van der Waals surface area contributed by atoms with E-state index < -0.39 is 17.2 Å². The number of benzene rings is 1. The van der Waals surface area contributed by atoms with Crippen LogP contribution < -0.4 is 0 Å². The molecule has 1 aliphatic rings. The van der Waals surface area contributed by atoms with Gasteiger partial charge in [-0.1, -0.05) is 74.4 Å². The highest BCUT2D eigenvalue weighted by Crippen LogP contribution is 2.42. The van der Waals surface area contributed by atoms with E-state index in [-0.39, 0.29) is 6.42 Å². The molecule has 4 nitrogen and oxygen atoms in total. The predicted octanol–water partition coefficient (Wildman–Crippen LogP) is 6.97. The molecule has 0 radical (unpaired) electrons. The van der Waals surface area contributed by atoms with E-state index in [4.69, 9.17) is 14.9 Å². The number of hydrogen-bond acceptors (Lipinski definition) is 3. The van der Waals surface area contributed by atoms with Crippen molar-refractivity contribution in [3.63, 3.8) is 0 Å². The van der Waals surface area contributed by atoms with Gasteiger partial charge in [0.05, 0.1) is 6.42 Å². The highest BCUT2D eigenvalue weighted by atomic mass is 17.2. The Bertz CT molecular complexity index is 696. The highest BCUT2D eigenvalue weighted by molar-refractivity contribution is 5.68. The van der Waals surface area contributed by atoms with Gasteiger partial charge in [0, 0.05) is 6.42 Å². The second-order valence-corrected chi connectivity index (χ2v) is 9.27. The first kappa shape index (κ1) is 24.4. The molecule has 4 heteroatoms. The lowest BCUT2D eigenvalue weighted by atomic mass is 9.81. The summed E-state index contributed by atoms with van der Waals surface area (Å²) in [5.41, 5.74) is 0.142. The molecule has 1 aromatic rings. The molecule has 1 fully saturated rings. The molecule has 1 N–H and O–H groups in total. The third-order valence-corrected chi connectivity index (χ3v) is 5.59. The number of hydrogen-bond donors (Lipinski definition) is 1. The van der Waals surface area contributed by atoms with E-state index >= 15 is 0 Å². The van der Waals surface area contributed by atoms with Gasteiger partial charge in [-0.05, 0) is 57.4 Å². The van der Waals surface area contributed by atoms with Gasteiger partial charge in [0.15, 0.2) is 0 Å². The topological polar surface area (TPSA) is 55.8 Å². The van der Waals surface area contributed by atoms with Crippen LogP contribution in [0.25, 0.3) is 6.08 Å². The SMILES string of the molecule is CC(CCCCC=CCCC=Cc1ccccc1)C[C@]1(C)C[C@](C)(CC(=O)O)OO1. The number of aliphatic carboxylic acids is 1. The molecule has 0 amide bonds. The summed E-state index contributed by atoms with van der Waals surface area (Å²) in [6.45, 7) is 6.10. The number of carbonyl (C=O) groups is 1. The summed E-state index contributed by atoms with van der Waals surface area (Å²) < 4.78 is 0. The highest BCUT2D eigenvalue weighted by Gasteiger charge is 2.47. The molecule has 2 rings (SSSR count). The Morgan fingerprint density at radius 1 is 1.03 bits per heavy atom. The Balaban J connectivity index is 1.53. The zero-order valence-corrected chi connectivity index (χ0v) is 18.8. The van der Waals surface area contributed by atoms with E-state index in [1.54, 1.807) is 0 Å². The minimum atomic E-state index is -0.848. The normalized spacial score (nSPS) is 25.3. The molecule has 166 valence electrons. The summed E-state index contributed by atoms with van der Waals surface area (Å²) in [4.78, 5) is 22.0. The van der Waals surface area contributed by atoms with Crippen LogP contribution in [0.15, 0.2) is 48.6 Å². The first-order valence-corrected chi connectivity index (χ1v) is 11.3. The van der Waals surface area contributed by atoms with Crippen molar-refractivity contribution < 1.29 is 19.7 Å². The zero-order valence-electron chi connectivity index (χ0n) is 18.8. The third-order valence-electron chi connectivity index (χ3n) is 5.59. The molecule has 0 bridgehead atoms. The van der Waals surface area contributed by atoms with E-state index in [9.17, 15) is 4.79 Å². The van der Waals surface area contributed by atoms with E-state index in [0.717, 1.165) is 32.1 Å². The maximum Gasteiger partial charge on any atom is 0.306 e. The standard InChI is InChI=1S/C26H38O4/c1-22(19-25(2)21-26(3,30-29-25)20-24(27)28)15-11-8-6-4-5-7-9-12-16-23-17-13-10-14-18-23/h4-5,10,12-14,16-18,22H,6-9,11,15,19-21H2,1-3H3,(H,27,28)/t22?,25-,26+/m1/s1. The van der Waals surface area contributed by atoms with Gasteiger partial charge < -0.3 is 5.11 Å². The van der Waals surface area contributed by atoms with E-state index in [2.05, 4.69) is 55.5 Å². The minimum absolute atomic E-state index is 0.0225. The van der Waals surface area contributed by atoms with Crippen LogP contribution in [0.5, 0.6) is 0 Å². The van der Waals surface area contributed by atoms with Gasteiger partial charge in [0.25, 0.3) is 0 Å². The molecular weight excluding hydrogens is 376 g/mol. The van der Waals surface area contributed by atoms with Crippen LogP contribution in [0.1, 0.15) is 84.1 Å². The summed E-state index contributed by atoms with van der Waals surface area (Å²) in [6, 6.07) is 10.4. The van der Waals surface area contributed by atoms with Gasteiger partial charge in [-0.2, -0.15) is 0 Å². The van der Waals surface area contributed by atoms with E-state index in [1.807, 2.05) is 19.9 Å². The summed E-state index contributed by atoms with van der Waals surface area (Å²) >= 11 is 0. The maximum absolute atomic E-state index is 11.0. The van der Waals surface area contributed by atoms with E-state index in [0.29, 0.717) is 12.3 Å². The van der Waals surface area contributed by atoms with Crippen LogP contribution in [-0.4, -0.2) is 22.3 Å². The van der Waals surface area contributed by atoms with Crippen molar-refractivity contribution in [2.24, 2.45) is 5.92 Å². The van der Waals surface area contributed by atoms with Crippen molar-refractivity contribution in [1.82, 2.24) is 0 Å². The van der Waals surface area contributed by atoms with Crippen LogP contribution in [-0.2, 0) is 14.6 Å². The summed E-state index contributed by atoms with van der Waals surface area (Å²) in [6.07, 6.45) is 17.3. The fourth-order valence-electron chi connectivity index (χ4n) is 4.38. The Kier molecular flexibility index (Phi) is 9.80. The molecule has 1 saturated heterocycles. The molecule has 1 aromatic carbocycles. The summed E-state index contributed by atoms with van der Waals surface area (Å²) in [7, 11) is 0. The number of carboxylic acid groups (broad SMARTS) is 1. The van der Waals surface area contributed by atoms with Crippen LogP contribution in [0.2, 0.25) is 0 Å². The molecule has 0 spiro atoms. The smallest absolute Gasteiger partial charge is 0.306 e. The van der Waals surface area contributed by atoms with Crippen molar-refractivity contribution in [1.29, 1.82) is 0 Å². The Morgan fingerprint density at radius 2 is 1.70 bits per heavy atom. The van der Waals surface area contributed by atoms with E-state index in [1.165, 1.54) is 18.4 Å². The molecule has 1 heterocycles. The minimum Gasteiger partial charge on any atom is -0.481 e. The zero-order chi connectivity index (χ0) is 21.9. The van der Waals surface area contributed by atoms with Crippen LogP contribution in [0, 0.1) is 5.92 Å². The van der Waals surface area contributed by atoms with Gasteiger partial charge >= 0.3 is 5.97 Å². The van der Waals surface area contributed by atoms with Crippen molar-refractivity contribution >= 4 is 12.0 Å². The van der Waals surface area contributed by atoms with Crippen molar-refractivity contribution in [3.05, 3.63) is 54.1 Å². The number of allylic oxidation sites excluding steroid dienone is 3. The van der Waals surface area contributed by atoms with Gasteiger partial charge in [-0.25, -0.2) is 9.78 Å². The maximum atomic E-state index is 11.0. The number of unbranched alkanes of at least 4 members (excludes halogenated alkanes) is 3. The lowest BCUT2D eigenvalue weighted by Gasteiger charge is -2.25. The molecule has 1 unspecified atom stereocenters. The molecule has 3 atom stereocenters. The summed E-state index contributed by atoms with van der Waals surface area (Å²) in [5.74, 6) is -0.323. The quantitative estimate of drug-likeness (QED) is 0.215. The average molecular weight is 415 g/mol. The van der Waals surface area contributed by atoms with Crippen molar-refractivity contribution in [2.45, 2.75) is 89.8 Å². The van der Waals surface area contributed by atoms with Crippen molar-refractivity contribution in [2.75, 3.05) is 0 Å². The van der Waals surface area contributed by atoms with Crippen molar-refractivity contribution in [3.8, 4) is 0 Å². The van der Waals surface area contributed by atoms with Gasteiger partial charge in [-0.3, -0.25) is 4.79 Å². The molecule has 0 aromatic heterocycles. The average Bonchev–Trinajstić information content (AvgIpc) is 2.97. The number of rotatable bonds is 13. The molecule has 0 saturated carbocycles. The Labute approximate surface area is 181 Å². The van der Waals surface area contributed by atoms with Crippen LogP contribution >= 0.6 is 0 Å². The predicted molar refractivity (Wildman–Crippen MR) is 122 cm³/mol. The van der Waals surface area contributed by atoms with Gasteiger partial charge in [0.1, 0.15) is 11.2 Å². The first-order chi connectivity index (χ1) is 14.3. The fraction of sp³-hybridized carbons (Fsp3) is 0.577. The largest absolute Gasteiger partial charge is 0.481 e. The fourth-order valence-corrected chi connectivity index (χ4v) is 4.38.